The minimum absolute atomic E-state index is 0.227. The SMILES string of the molecule is CCCCCCCCCCCCOCC(COC(=O)N(CCCN)CCCCNCCCN)OCCCCCCCCCC. The Morgan fingerprint density at radius 3 is 1.66 bits per heavy atom. The zero-order valence-corrected chi connectivity index (χ0v) is 29.4. The number of carbonyl (C=O) groups excluding carboxylic acids is 1. The van der Waals surface area contributed by atoms with E-state index in [2.05, 4.69) is 19.2 Å². The van der Waals surface area contributed by atoms with Gasteiger partial charge in [-0.2, -0.15) is 0 Å². The lowest BCUT2D eigenvalue weighted by Gasteiger charge is -2.24. The van der Waals surface area contributed by atoms with Crippen molar-refractivity contribution in [2.45, 2.75) is 161 Å². The molecule has 0 aromatic rings. The Kier molecular flexibility index (Phi) is 35.8. The predicted molar refractivity (Wildman–Crippen MR) is 187 cm³/mol. The van der Waals surface area contributed by atoms with Crippen LogP contribution in [0.1, 0.15) is 155 Å². The number of ether oxygens (including phenoxy) is 3. The van der Waals surface area contributed by atoms with Crippen LogP contribution < -0.4 is 16.8 Å². The summed E-state index contributed by atoms with van der Waals surface area (Å²) in [6.45, 7) is 11.1. The van der Waals surface area contributed by atoms with Crippen LogP contribution in [-0.2, 0) is 14.2 Å². The van der Waals surface area contributed by atoms with Gasteiger partial charge in [0.15, 0.2) is 0 Å². The molecule has 0 spiro atoms. The van der Waals surface area contributed by atoms with Crippen LogP contribution in [0.3, 0.4) is 0 Å². The van der Waals surface area contributed by atoms with Gasteiger partial charge in [0, 0.05) is 26.3 Å². The van der Waals surface area contributed by atoms with Gasteiger partial charge in [0.1, 0.15) is 12.7 Å². The zero-order chi connectivity index (χ0) is 32.2. The highest BCUT2D eigenvalue weighted by Crippen LogP contribution is 2.12. The number of hydrogen-bond acceptors (Lipinski definition) is 7. The Morgan fingerprint density at radius 1 is 0.591 bits per heavy atom. The molecule has 0 bridgehead atoms. The van der Waals surface area contributed by atoms with E-state index in [9.17, 15) is 4.79 Å². The second kappa shape index (κ2) is 36.5. The molecular formula is C36H76N4O4. The number of carbonyl (C=O) groups is 1. The molecule has 0 aromatic carbocycles. The van der Waals surface area contributed by atoms with Crippen molar-refractivity contribution in [3.8, 4) is 0 Å². The Labute approximate surface area is 273 Å². The summed E-state index contributed by atoms with van der Waals surface area (Å²) in [4.78, 5) is 14.8. The van der Waals surface area contributed by atoms with E-state index in [0.29, 0.717) is 39.4 Å². The molecule has 0 saturated carbocycles. The fourth-order valence-electron chi connectivity index (χ4n) is 5.27. The van der Waals surface area contributed by atoms with Gasteiger partial charge in [-0.15, -0.1) is 0 Å². The molecule has 8 nitrogen and oxygen atoms in total. The molecule has 5 N–H and O–H groups in total. The van der Waals surface area contributed by atoms with Crippen molar-refractivity contribution in [2.75, 3.05) is 65.7 Å². The van der Waals surface area contributed by atoms with Crippen molar-refractivity contribution in [1.29, 1.82) is 0 Å². The molecule has 0 aliphatic rings. The zero-order valence-electron chi connectivity index (χ0n) is 29.4. The fraction of sp³-hybridized carbons (Fsp3) is 0.972. The average molecular weight is 629 g/mol. The van der Waals surface area contributed by atoms with Crippen LogP contribution in [0.2, 0.25) is 0 Å². The van der Waals surface area contributed by atoms with Crippen molar-refractivity contribution in [3.05, 3.63) is 0 Å². The molecule has 0 saturated heterocycles. The third-order valence-corrected chi connectivity index (χ3v) is 8.17. The molecule has 0 radical (unpaired) electrons. The van der Waals surface area contributed by atoms with E-state index in [-0.39, 0.29) is 18.8 Å². The Morgan fingerprint density at radius 2 is 1.09 bits per heavy atom. The number of amides is 1. The molecule has 1 unspecified atom stereocenters. The highest BCUT2D eigenvalue weighted by atomic mass is 16.6. The number of nitrogens with two attached hydrogens (primary N) is 2. The summed E-state index contributed by atoms with van der Waals surface area (Å²) in [7, 11) is 0. The number of nitrogens with one attached hydrogen (secondary N) is 1. The third kappa shape index (κ3) is 31.1. The molecule has 0 aliphatic heterocycles. The Balaban J connectivity index is 4.45. The minimum atomic E-state index is -0.273. The molecule has 1 atom stereocenters. The monoisotopic (exact) mass is 629 g/mol. The van der Waals surface area contributed by atoms with Gasteiger partial charge in [-0.3, -0.25) is 0 Å². The summed E-state index contributed by atoms with van der Waals surface area (Å²) < 4.78 is 18.0. The van der Waals surface area contributed by atoms with Crippen LogP contribution in [0.5, 0.6) is 0 Å². The summed E-state index contributed by atoms with van der Waals surface area (Å²) in [5, 5.41) is 3.40. The van der Waals surface area contributed by atoms with Crippen LogP contribution in [0.25, 0.3) is 0 Å². The van der Waals surface area contributed by atoms with Crippen molar-refractivity contribution in [2.24, 2.45) is 11.5 Å². The van der Waals surface area contributed by atoms with E-state index in [1.54, 1.807) is 4.90 Å². The van der Waals surface area contributed by atoms with Gasteiger partial charge in [0.25, 0.3) is 0 Å². The van der Waals surface area contributed by atoms with Crippen molar-refractivity contribution in [1.82, 2.24) is 10.2 Å². The highest BCUT2D eigenvalue weighted by Gasteiger charge is 2.18. The van der Waals surface area contributed by atoms with Crippen LogP contribution >= 0.6 is 0 Å². The second-order valence-corrected chi connectivity index (χ2v) is 12.5. The number of unbranched alkanes of at least 4 members (excludes halogenated alkanes) is 17. The summed E-state index contributed by atoms with van der Waals surface area (Å²) in [6.07, 6.45) is 26.4. The number of rotatable bonds is 36. The molecule has 1 amide bonds. The second-order valence-electron chi connectivity index (χ2n) is 12.5. The van der Waals surface area contributed by atoms with E-state index >= 15 is 0 Å². The highest BCUT2D eigenvalue weighted by molar-refractivity contribution is 5.67. The standard InChI is InChI=1S/C36H76N4O4/c1-3-5-7-9-11-13-14-15-17-21-31-42-33-35(43-32-22-18-16-12-10-8-6-4-2)34-44-36(41)40(30-24-26-38)29-20-19-27-39-28-23-25-37/h35,39H,3-34,37-38H2,1-2H3. The van der Waals surface area contributed by atoms with Crippen molar-refractivity contribution < 1.29 is 19.0 Å². The lowest BCUT2D eigenvalue weighted by atomic mass is 10.1. The van der Waals surface area contributed by atoms with E-state index in [0.717, 1.165) is 58.2 Å². The van der Waals surface area contributed by atoms with Crippen LogP contribution in [0.4, 0.5) is 4.79 Å². The molecule has 0 aromatic heterocycles. The first-order valence-corrected chi connectivity index (χ1v) is 18.9. The first-order chi connectivity index (χ1) is 21.7. The number of nitrogens with zero attached hydrogens (tertiary/aromatic N) is 1. The lowest BCUT2D eigenvalue weighted by Crippen LogP contribution is -2.37. The predicted octanol–water partition coefficient (Wildman–Crippen LogP) is 7.96. The largest absolute Gasteiger partial charge is 0.447 e. The third-order valence-electron chi connectivity index (χ3n) is 8.17. The summed E-state index contributed by atoms with van der Waals surface area (Å²) in [6, 6.07) is 0. The van der Waals surface area contributed by atoms with Gasteiger partial charge in [0.05, 0.1) is 6.61 Å². The maximum absolute atomic E-state index is 13.0. The summed E-state index contributed by atoms with van der Waals surface area (Å²) in [5.74, 6) is 0. The lowest BCUT2D eigenvalue weighted by molar-refractivity contribution is -0.0506. The summed E-state index contributed by atoms with van der Waals surface area (Å²) >= 11 is 0. The molecular weight excluding hydrogens is 552 g/mol. The molecule has 264 valence electrons. The average Bonchev–Trinajstić information content (AvgIpc) is 3.03. The van der Waals surface area contributed by atoms with Crippen LogP contribution in [-0.4, -0.2) is 82.8 Å². The Hall–Kier alpha value is -0.930. The van der Waals surface area contributed by atoms with E-state index in [1.165, 1.54) is 103 Å². The van der Waals surface area contributed by atoms with Gasteiger partial charge in [-0.1, -0.05) is 117 Å². The van der Waals surface area contributed by atoms with E-state index < -0.39 is 0 Å². The van der Waals surface area contributed by atoms with Gasteiger partial charge in [-0.05, 0) is 64.7 Å². The Bertz CT molecular complexity index is 570. The molecule has 0 aliphatic carbocycles. The smallest absolute Gasteiger partial charge is 0.409 e. The maximum Gasteiger partial charge on any atom is 0.409 e. The fourth-order valence-corrected chi connectivity index (χ4v) is 5.27. The van der Waals surface area contributed by atoms with Gasteiger partial charge in [0.2, 0.25) is 0 Å². The van der Waals surface area contributed by atoms with Gasteiger partial charge < -0.3 is 35.9 Å². The van der Waals surface area contributed by atoms with Gasteiger partial charge >= 0.3 is 6.09 Å². The molecule has 44 heavy (non-hydrogen) atoms. The normalized spacial score (nSPS) is 12.1. The van der Waals surface area contributed by atoms with Crippen molar-refractivity contribution >= 4 is 6.09 Å². The first-order valence-electron chi connectivity index (χ1n) is 18.9. The van der Waals surface area contributed by atoms with E-state index in [4.69, 9.17) is 25.7 Å². The first kappa shape index (κ1) is 43.1. The number of hydrogen-bond donors (Lipinski definition) is 3. The quantitative estimate of drug-likeness (QED) is 0.0604. The van der Waals surface area contributed by atoms with Gasteiger partial charge in [-0.25, -0.2) is 4.79 Å². The van der Waals surface area contributed by atoms with Crippen molar-refractivity contribution in [3.63, 3.8) is 0 Å². The minimum Gasteiger partial charge on any atom is -0.447 e. The molecule has 0 heterocycles. The van der Waals surface area contributed by atoms with E-state index in [1.807, 2.05) is 0 Å². The molecule has 8 heteroatoms. The van der Waals surface area contributed by atoms with Crippen LogP contribution in [0, 0.1) is 0 Å². The maximum atomic E-state index is 13.0. The topological polar surface area (TPSA) is 112 Å². The summed E-state index contributed by atoms with van der Waals surface area (Å²) in [5.41, 5.74) is 11.3. The molecule has 0 fully saturated rings. The molecule has 0 rings (SSSR count). The van der Waals surface area contributed by atoms with Crippen LogP contribution in [0.15, 0.2) is 0 Å².